The zero-order chi connectivity index (χ0) is 24.4. The Morgan fingerprint density at radius 2 is 1.86 bits per heavy atom. The first-order valence-electron chi connectivity index (χ1n) is 11.7. The van der Waals surface area contributed by atoms with E-state index in [1.165, 1.54) is 33.5 Å². The first-order chi connectivity index (χ1) is 15.9. The van der Waals surface area contributed by atoms with Crippen LogP contribution in [-0.4, -0.2) is 17.9 Å². The number of allylic oxidation sites excluding steroid dienone is 9. The summed E-state index contributed by atoms with van der Waals surface area (Å²) in [5, 5.41) is 2.69. The molecule has 0 spiro atoms. The van der Waals surface area contributed by atoms with Gasteiger partial charge in [-0.25, -0.2) is 12.2 Å². The second-order valence-electron chi connectivity index (χ2n) is 7.94. The standard InChI is InChI=1S/C30H37N2O.CH3.U/c1-8-12-16-25(22(5)10-3)26-17-13-14-18-27(26)28(15-9-2)29(11-4)32-20-19-24(21-23(32)6)30(33)31-7;;/h10,12-14,16-21H,6,9,11,15H2,1-5,7H3,(H,31,33);1H3;/q2*-1;+2/b22-10-,25-16+,29-28+;;. The van der Waals surface area contributed by atoms with Crippen LogP contribution >= 0.6 is 0 Å². The number of amides is 1. The topological polar surface area (TPSA) is 32.3 Å². The fourth-order valence-electron chi connectivity index (χ4n) is 4.05. The van der Waals surface area contributed by atoms with Crippen LogP contribution in [0.25, 0.3) is 11.1 Å². The number of rotatable bonds is 9. The van der Waals surface area contributed by atoms with Crippen LogP contribution in [0, 0.1) is 44.6 Å². The van der Waals surface area contributed by atoms with Gasteiger partial charge in [0.2, 0.25) is 0 Å². The molecule has 1 N–H and O–H groups in total. The van der Waals surface area contributed by atoms with Gasteiger partial charge in [-0.1, -0.05) is 68.3 Å². The molecule has 0 fully saturated rings. The maximum atomic E-state index is 12.1. The summed E-state index contributed by atoms with van der Waals surface area (Å²) in [5.41, 5.74) is 8.78. The molecule has 0 bridgehead atoms. The molecule has 4 heteroatoms. The van der Waals surface area contributed by atoms with E-state index in [0.717, 1.165) is 25.0 Å². The maximum Gasteiger partial charge on any atom is 2.00 e. The van der Waals surface area contributed by atoms with Gasteiger partial charge in [0.25, 0.3) is 5.91 Å². The minimum atomic E-state index is -0.106. The minimum absolute atomic E-state index is 0. The van der Waals surface area contributed by atoms with Gasteiger partial charge in [-0.15, -0.1) is 6.92 Å². The molecule has 0 aliphatic carbocycles. The number of carbonyl (C=O) groups excluding carboxylic acids is 1. The zero-order valence-electron chi connectivity index (χ0n) is 22.5. The van der Waals surface area contributed by atoms with Crippen molar-refractivity contribution in [2.24, 2.45) is 0 Å². The van der Waals surface area contributed by atoms with E-state index in [0.29, 0.717) is 5.57 Å². The number of nitrogens with zero attached hydrogens (tertiary/aromatic N) is 1. The fraction of sp³-hybridized carbons (Fsp3) is 0.290. The predicted molar refractivity (Wildman–Crippen MR) is 148 cm³/mol. The minimum Gasteiger partial charge on any atom is -0.358 e. The second-order valence-corrected chi connectivity index (χ2v) is 7.94. The van der Waals surface area contributed by atoms with Crippen molar-refractivity contribution in [3.63, 3.8) is 0 Å². The largest absolute Gasteiger partial charge is 2.00 e. The summed E-state index contributed by atoms with van der Waals surface area (Å²) in [6, 6.07) is 8.62. The van der Waals surface area contributed by atoms with Gasteiger partial charge in [0.15, 0.2) is 0 Å². The molecule has 0 saturated carbocycles. The van der Waals surface area contributed by atoms with Gasteiger partial charge in [-0.3, -0.25) is 10.9 Å². The maximum absolute atomic E-state index is 12.1. The van der Waals surface area contributed by atoms with E-state index >= 15 is 0 Å². The van der Waals surface area contributed by atoms with Crippen molar-refractivity contribution in [3.05, 3.63) is 115 Å². The van der Waals surface area contributed by atoms with Crippen molar-refractivity contribution in [3.8, 4) is 0 Å². The Labute approximate surface area is 237 Å². The second kappa shape index (κ2) is 16.4. The molecule has 1 aromatic carbocycles. The van der Waals surface area contributed by atoms with Crippen LogP contribution in [-0.2, 0) is 4.79 Å². The van der Waals surface area contributed by atoms with E-state index < -0.39 is 0 Å². The Hall–Kier alpha value is -2.28. The smallest absolute Gasteiger partial charge is 0.358 e. The van der Waals surface area contributed by atoms with E-state index in [-0.39, 0.29) is 44.4 Å². The summed E-state index contributed by atoms with van der Waals surface area (Å²) >= 11 is 0. The van der Waals surface area contributed by atoms with Gasteiger partial charge in [0, 0.05) is 30.2 Å². The van der Waals surface area contributed by atoms with Gasteiger partial charge in [0.1, 0.15) is 0 Å². The quantitative estimate of drug-likeness (QED) is 0.212. The predicted octanol–water partition coefficient (Wildman–Crippen LogP) is 7.80. The molecule has 3 nitrogen and oxygen atoms in total. The van der Waals surface area contributed by atoms with Gasteiger partial charge in [-0.05, 0) is 55.5 Å². The van der Waals surface area contributed by atoms with Crippen molar-refractivity contribution in [1.82, 2.24) is 10.2 Å². The van der Waals surface area contributed by atoms with E-state index in [1.54, 1.807) is 7.05 Å². The molecular formula is C31H40N2OU. The number of benzene rings is 1. The van der Waals surface area contributed by atoms with E-state index in [1.807, 2.05) is 31.4 Å². The van der Waals surface area contributed by atoms with Crippen molar-refractivity contribution < 1.29 is 35.9 Å². The molecule has 1 heterocycles. The van der Waals surface area contributed by atoms with Crippen molar-refractivity contribution >= 4 is 17.1 Å². The Bertz CT molecular complexity index is 1070. The average Bonchev–Trinajstić information content (AvgIpc) is 2.84. The van der Waals surface area contributed by atoms with Gasteiger partial charge >= 0.3 is 31.1 Å². The van der Waals surface area contributed by atoms with Crippen LogP contribution in [0.1, 0.15) is 65.0 Å². The molecule has 0 radical (unpaired) electrons. The van der Waals surface area contributed by atoms with Gasteiger partial charge in [-0.2, -0.15) is 0 Å². The Morgan fingerprint density at radius 1 is 1.20 bits per heavy atom. The Kier molecular flexibility index (Phi) is 15.3. The van der Waals surface area contributed by atoms with Gasteiger partial charge in [0.05, 0.1) is 0 Å². The van der Waals surface area contributed by atoms with Crippen molar-refractivity contribution in [2.75, 3.05) is 7.05 Å². The Balaban J connectivity index is 0.00000578. The molecule has 35 heavy (non-hydrogen) atoms. The third kappa shape index (κ3) is 8.13. The van der Waals surface area contributed by atoms with Crippen LogP contribution in [0.4, 0.5) is 0 Å². The molecule has 1 amide bonds. The van der Waals surface area contributed by atoms with Crippen LogP contribution in [0.3, 0.4) is 0 Å². The molecule has 0 unspecified atom stereocenters. The molecule has 0 aromatic heterocycles. The Morgan fingerprint density at radius 3 is 2.37 bits per heavy atom. The van der Waals surface area contributed by atoms with Crippen molar-refractivity contribution in [1.29, 1.82) is 0 Å². The monoisotopic (exact) mass is 694 g/mol. The first kappa shape index (κ1) is 32.7. The molecule has 2 rings (SSSR count). The normalized spacial score (nSPS) is 14.7. The number of likely N-dealkylation sites (N-methyl/N-ethyl adjacent to an activating group) is 1. The first-order valence-corrected chi connectivity index (χ1v) is 11.7. The van der Waals surface area contributed by atoms with E-state index in [4.69, 9.17) is 0 Å². The van der Waals surface area contributed by atoms with Crippen LogP contribution < -0.4 is 5.32 Å². The van der Waals surface area contributed by atoms with E-state index in [9.17, 15) is 4.79 Å². The van der Waals surface area contributed by atoms with Crippen LogP contribution in [0.15, 0.2) is 90.0 Å². The number of hydrogen-bond acceptors (Lipinski definition) is 2. The van der Waals surface area contributed by atoms with Crippen LogP contribution in [0.5, 0.6) is 0 Å². The summed E-state index contributed by atoms with van der Waals surface area (Å²) in [7, 11) is 1.64. The molecule has 0 saturated heterocycles. The molecule has 1 aliphatic heterocycles. The molecular weight excluding hydrogens is 654 g/mol. The van der Waals surface area contributed by atoms with Gasteiger partial charge < -0.3 is 17.6 Å². The SMILES string of the molecule is C=C1C=C(C(=O)NC)C=CN1/C(CC)=C(\CCC)c1ccccc1C(=C/C=[C-]C)/C(C)=C\C.[CH3-].[U+2]. The third-order valence-electron chi connectivity index (χ3n) is 5.81. The average molecular weight is 695 g/mol. The molecule has 1 aliphatic rings. The molecule has 1 aromatic rings. The summed E-state index contributed by atoms with van der Waals surface area (Å²) in [6.45, 7) is 14.8. The summed E-state index contributed by atoms with van der Waals surface area (Å²) < 4.78 is 0. The molecule has 184 valence electrons. The summed E-state index contributed by atoms with van der Waals surface area (Å²) in [5.74, 6) is -0.106. The van der Waals surface area contributed by atoms with Crippen molar-refractivity contribution in [2.45, 2.75) is 53.9 Å². The summed E-state index contributed by atoms with van der Waals surface area (Å²) in [6.07, 6.45) is 17.9. The summed E-state index contributed by atoms with van der Waals surface area (Å²) in [4.78, 5) is 14.2. The van der Waals surface area contributed by atoms with E-state index in [2.05, 4.69) is 87.0 Å². The van der Waals surface area contributed by atoms with Crippen LogP contribution in [0.2, 0.25) is 0 Å². The molecule has 0 atom stereocenters. The number of carbonyl (C=O) groups is 1. The third-order valence-corrected chi connectivity index (χ3v) is 5.81. The fourth-order valence-corrected chi connectivity index (χ4v) is 4.05. The number of hydrogen-bond donors (Lipinski definition) is 1. The zero-order valence-corrected chi connectivity index (χ0v) is 26.6. The number of nitrogens with one attached hydrogen (secondary N) is 1.